The number of anilines is 1. The third kappa shape index (κ3) is 3.56. The van der Waals surface area contributed by atoms with Crippen LogP contribution in [0, 0.1) is 0 Å². The SMILES string of the molecule is CN=C1NC(Cl)Nc2c1ccn2C1CCC(CN2CCCC23CCN(C)CC3)O1. The van der Waals surface area contributed by atoms with E-state index in [9.17, 15) is 0 Å². The Hall–Kier alpha value is -1.28. The van der Waals surface area contributed by atoms with E-state index in [1.807, 2.05) is 0 Å². The lowest BCUT2D eigenvalue weighted by Gasteiger charge is -2.45. The standard InChI is InChI=1S/C21H33ClN6O/c1-23-18-16-6-11-28(19(16)25-20(22)24-18)17-5-4-15(29-17)14-27-10-3-7-21(27)8-12-26(2)13-9-21/h6,11,15,17,20,25H,3-5,7-10,12-14H2,1-2H3,(H,23,24). The van der Waals surface area contributed by atoms with E-state index in [1.54, 1.807) is 7.05 Å². The Kier molecular flexibility index (Phi) is 5.26. The smallest absolute Gasteiger partial charge is 0.177 e. The lowest BCUT2D eigenvalue weighted by Crippen LogP contribution is -2.53. The fraction of sp³-hybridized carbons (Fsp3) is 0.762. The minimum Gasteiger partial charge on any atom is -0.353 e. The topological polar surface area (TPSA) is 57.1 Å². The molecule has 4 aliphatic heterocycles. The van der Waals surface area contributed by atoms with Crippen LogP contribution in [0.2, 0.25) is 0 Å². The van der Waals surface area contributed by atoms with Crippen molar-refractivity contribution in [3.8, 4) is 0 Å². The van der Waals surface area contributed by atoms with Crippen molar-refractivity contribution in [3.63, 3.8) is 0 Å². The highest BCUT2D eigenvalue weighted by Crippen LogP contribution is 2.40. The van der Waals surface area contributed by atoms with Gasteiger partial charge in [-0.25, -0.2) is 0 Å². The minimum atomic E-state index is -0.360. The van der Waals surface area contributed by atoms with Gasteiger partial charge in [-0.15, -0.1) is 0 Å². The maximum atomic E-state index is 6.56. The normalized spacial score (nSPS) is 33.8. The molecule has 7 nitrogen and oxygen atoms in total. The van der Waals surface area contributed by atoms with Crippen LogP contribution < -0.4 is 10.6 Å². The van der Waals surface area contributed by atoms with Crippen LogP contribution in [-0.2, 0) is 4.74 Å². The van der Waals surface area contributed by atoms with Gasteiger partial charge in [0, 0.05) is 25.3 Å². The number of ether oxygens (including phenoxy) is 1. The van der Waals surface area contributed by atoms with Crippen LogP contribution in [0.4, 0.5) is 5.82 Å². The number of hydrogen-bond donors (Lipinski definition) is 2. The van der Waals surface area contributed by atoms with Crippen molar-refractivity contribution >= 4 is 23.3 Å². The zero-order valence-electron chi connectivity index (χ0n) is 17.5. The summed E-state index contributed by atoms with van der Waals surface area (Å²) >= 11 is 6.32. The van der Waals surface area contributed by atoms with Gasteiger partial charge in [-0.3, -0.25) is 9.89 Å². The molecule has 0 aromatic carbocycles. The molecule has 1 aromatic heterocycles. The summed E-state index contributed by atoms with van der Waals surface area (Å²) in [6.45, 7) is 4.74. The largest absolute Gasteiger partial charge is 0.353 e. The minimum absolute atomic E-state index is 0.0624. The van der Waals surface area contributed by atoms with Crippen molar-refractivity contribution in [1.29, 1.82) is 0 Å². The molecule has 1 aromatic rings. The number of amidine groups is 1. The molecule has 0 bridgehead atoms. The molecule has 0 aliphatic carbocycles. The number of nitrogens with zero attached hydrogens (tertiary/aromatic N) is 4. The van der Waals surface area contributed by atoms with Crippen molar-refractivity contribution in [2.45, 2.75) is 62.0 Å². The molecular formula is C21H33ClN6O. The first-order chi connectivity index (χ1) is 14.1. The third-order valence-electron chi connectivity index (χ3n) is 7.40. The van der Waals surface area contributed by atoms with Crippen molar-refractivity contribution < 1.29 is 4.74 Å². The highest BCUT2D eigenvalue weighted by Gasteiger charge is 2.44. The first kappa shape index (κ1) is 19.7. The summed E-state index contributed by atoms with van der Waals surface area (Å²) < 4.78 is 8.76. The van der Waals surface area contributed by atoms with E-state index >= 15 is 0 Å². The number of alkyl halides is 1. The molecular weight excluding hydrogens is 388 g/mol. The van der Waals surface area contributed by atoms with E-state index in [0.717, 1.165) is 36.6 Å². The molecule has 3 unspecified atom stereocenters. The summed E-state index contributed by atoms with van der Waals surface area (Å²) in [6.07, 6.45) is 9.91. The van der Waals surface area contributed by atoms with E-state index in [2.05, 4.69) is 49.3 Å². The molecule has 29 heavy (non-hydrogen) atoms. The lowest BCUT2D eigenvalue weighted by molar-refractivity contribution is -0.0329. The van der Waals surface area contributed by atoms with Gasteiger partial charge in [-0.2, -0.15) is 0 Å². The van der Waals surface area contributed by atoms with Crippen LogP contribution in [0.25, 0.3) is 0 Å². The monoisotopic (exact) mass is 420 g/mol. The van der Waals surface area contributed by atoms with Gasteiger partial charge in [0.15, 0.2) is 5.62 Å². The summed E-state index contributed by atoms with van der Waals surface area (Å²) in [6, 6.07) is 2.09. The van der Waals surface area contributed by atoms with Crippen molar-refractivity contribution in [2.24, 2.45) is 4.99 Å². The van der Waals surface area contributed by atoms with Crippen LogP contribution in [-0.4, -0.2) is 77.7 Å². The second-order valence-electron chi connectivity index (χ2n) is 9.08. The number of piperidine rings is 1. The van der Waals surface area contributed by atoms with Gasteiger partial charge in [0.05, 0.1) is 11.7 Å². The second-order valence-corrected chi connectivity index (χ2v) is 9.51. The molecule has 5 heterocycles. The molecule has 3 saturated heterocycles. The molecule has 3 atom stereocenters. The van der Waals surface area contributed by atoms with Crippen LogP contribution in [0.1, 0.15) is 50.3 Å². The zero-order chi connectivity index (χ0) is 20.0. The molecule has 160 valence electrons. The highest BCUT2D eigenvalue weighted by atomic mass is 35.5. The van der Waals surface area contributed by atoms with E-state index in [1.165, 1.54) is 45.3 Å². The first-order valence-corrected chi connectivity index (χ1v) is 11.5. The van der Waals surface area contributed by atoms with E-state index in [4.69, 9.17) is 16.3 Å². The molecule has 5 rings (SSSR count). The Morgan fingerprint density at radius 2 is 2.03 bits per heavy atom. The number of halogens is 1. The average molecular weight is 421 g/mol. The Bertz CT molecular complexity index is 771. The molecule has 3 fully saturated rings. The number of nitrogens with one attached hydrogen (secondary N) is 2. The predicted octanol–water partition coefficient (Wildman–Crippen LogP) is 2.64. The molecule has 4 aliphatic rings. The number of likely N-dealkylation sites (tertiary alicyclic amines) is 2. The quantitative estimate of drug-likeness (QED) is 0.581. The van der Waals surface area contributed by atoms with Gasteiger partial charge in [0.2, 0.25) is 0 Å². The second kappa shape index (κ2) is 7.76. The van der Waals surface area contributed by atoms with E-state index in [0.29, 0.717) is 11.6 Å². The summed E-state index contributed by atoms with van der Waals surface area (Å²) in [5.74, 6) is 1.83. The van der Waals surface area contributed by atoms with Gasteiger partial charge < -0.3 is 24.8 Å². The van der Waals surface area contributed by atoms with Crippen molar-refractivity contribution in [3.05, 3.63) is 17.8 Å². The van der Waals surface area contributed by atoms with Crippen molar-refractivity contribution in [1.82, 2.24) is 19.7 Å². The third-order valence-corrected chi connectivity index (χ3v) is 7.62. The summed E-state index contributed by atoms with van der Waals surface area (Å²) in [4.78, 5) is 9.57. The van der Waals surface area contributed by atoms with Crippen LogP contribution in [0.15, 0.2) is 17.3 Å². The van der Waals surface area contributed by atoms with E-state index in [-0.39, 0.29) is 11.9 Å². The molecule has 0 radical (unpaired) electrons. The fourth-order valence-corrected chi connectivity index (χ4v) is 5.93. The molecule has 0 saturated carbocycles. The fourth-order valence-electron chi connectivity index (χ4n) is 5.72. The van der Waals surface area contributed by atoms with Crippen LogP contribution in [0.5, 0.6) is 0 Å². The zero-order valence-corrected chi connectivity index (χ0v) is 18.3. The highest BCUT2D eigenvalue weighted by molar-refractivity contribution is 6.24. The Balaban J connectivity index is 1.26. The number of fused-ring (bicyclic) bond motifs is 1. The average Bonchev–Trinajstić information content (AvgIpc) is 3.43. The Morgan fingerprint density at radius 3 is 2.83 bits per heavy atom. The van der Waals surface area contributed by atoms with Crippen LogP contribution >= 0.6 is 11.6 Å². The maximum absolute atomic E-state index is 6.56. The number of aromatic nitrogens is 1. The lowest BCUT2D eigenvalue weighted by atomic mass is 9.85. The molecule has 0 amide bonds. The van der Waals surface area contributed by atoms with Gasteiger partial charge in [0.1, 0.15) is 17.9 Å². The maximum Gasteiger partial charge on any atom is 0.177 e. The van der Waals surface area contributed by atoms with Gasteiger partial charge >= 0.3 is 0 Å². The number of aliphatic imine (C=N–C) groups is 1. The predicted molar refractivity (Wildman–Crippen MR) is 117 cm³/mol. The molecule has 2 N–H and O–H groups in total. The molecule has 1 spiro atoms. The first-order valence-electron chi connectivity index (χ1n) is 11.0. The van der Waals surface area contributed by atoms with Crippen LogP contribution in [0.3, 0.4) is 0 Å². The van der Waals surface area contributed by atoms with Gasteiger partial charge in [-0.05, 0) is 71.3 Å². The summed E-state index contributed by atoms with van der Waals surface area (Å²) in [7, 11) is 4.04. The summed E-state index contributed by atoms with van der Waals surface area (Å²) in [5, 5.41) is 6.49. The Labute approximate surface area is 178 Å². The number of hydrogen-bond acceptors (Lipinski definition) is 5. The van der Waals surface area contributed by atoms with E-state index < -0.39 is 0 Å². The molecule has 8 heteroatoms. The number of rotatable bonds is 3. The van der Waals surface area contributed by atoms with Gasteiger partial charge in [-0.1, -0.05) is 11.6 Å². The van der Waals surface area contributed by atoms with Crippen molar-refractivity contribution in [2.75, 3.05) is 45.6 Å². The van der Waals surface area contributed by atoms with Gasteiger partial charge in [0.25, 0.3) is 0 Å². The summed E-state index contributed by atoms with van der Waals surface area (Å²) in [5.41, 5.74) is 1.12. The Morgan fingerprint density at radius 1 is 1.21 bits per heavy atom.